The van der Waals surface area contributed by atoms with Gasteiger partial charge in [0, 0.05) is 6.20 Å². The molecular weight excluding hydrogens is 322 g/mol. The molecule has 0 spiro atoms. The van der Waals surface area contributed by atoms with Crippen molar-refractivity contribution < 1.29 is 4.79 Å². The van der Waals surface area contributed by atoms with Crippen LogP contribution in [-0.4, -0.2) is 15.9 Å². The Bertz CT molecular complexity index is 807. The van der Waals surface area contributed by atoms with Crippen LogP contribution in [0.1, 0.15) is 18.4 Å². The smallest absolute Gasteiger partial charge is 0.240 e. The third kappa shape index (κ3) is 3.44. The van der Waals surface area contributed by atoms with Crippen molar-refractivity contribution in [1.82, 2.24) is 9.97 Å². The number of hydrogen-bond acceptors (Lipinski definition) is 3. The van der Waals surface area contributed by atoms with E-state index in [1.54, 1.807) is 35.5 Å². The Hall–Kier alpha value is -2.72. The summed E-state index contributed by atoms with van der Waals surface area (Å²) < 4.78 is 0. The Kier molecular flexibility index (Phi) is 4.87. The Morgan fingerprint density at radius 3 is 2.38 bits per heavy atom. The zero-order valence-corrected chi connectivity index (χ0v) is 13.9. The van der Waals surface area contributed by atoms with Gasteiger partial charge >= 0.3 is 0 Å². The van der Waals surface area contributed by atoms with E-state index in [1.165, 1.54) is 0 Å². The van der Waals surface area contributed by atoms with Crippen LogP contribution in [0.15, 0.2) is 73.1 Å². The van der Waals surface area contributed by atoms with Crippen LogP contribution in [0.4, 0.5) is 11.5 Å². The predicted octanol–water partition coefficient (Wildman–Crippen LogP) is 4.60. The highest BCUT2D eigenvalue weighted by atomic mass is 35.5. The zero-order valence-electron chi connectivity index (χ0n) is 13.1. The van der Waals surface area contributed by atoms with Crippen molar-refractivity contribution in [3.8, 4) is 0 Å². The Morgan fingerprint density at radius 1 is 1.00 bits per heavy atom. The second-order valence-electron chi connectivity index (χ2n) is 5.33. The predicted molar refractivity (Wildman–Crippen MR) is 95.5 cm³/mol. The molecule has 3 aromatic rings. The van der Waals surface area contributed by atoms with Gasteiger partial charge in [-0.05, 0) is 36.8 Å². The van der Waals surface area contributed by atoms with Crippen LogP contribution >= 0.6 is 11.6 Å². The van der Waals surface area contributed by atoms with Crippen molar-refractivity contribution in [2.24, 2.45) is 0 Å². The molecule has 2 heterocycles. The molecule has 0 bridgehead atoms. The fourth-order valence-corrected chi connectivity index (χ4v) is 2.55. The van der Waals surface area contributed by atoms with Gasteiger partial charge in [-0.1, -0.05) is 48.0 Å². The second-order valence-corrected chi connectivity index (χ2v) is 5.72. The van der Waals surface area contributed by atoms with Crippen LogP contribution in [0.3, 0.4) is 0 Å². The molecular formula is C19H16ClN3O. The molecule has 120 valence electrons. The second kappa shape index (κ2) is 7.23. The molecule has 0 aliphatic carbocycles. The van der Waals surface area contributed by atoms with Gasteiger partial charge in [0.25, 0.3) is 0 Å². The molecule has 0 N–H and O–H groups in total. The molecule has 24 heavy (non-hydrogen) atoms. The van der Waals surface area contributed by atoms with Crippen LogP contribution < -0.4 is 4.90 Å². The minimum atomic E-state index is -0.316. The summed E-state index contributed by atoms with van der Waals surface area (Å²) in [4.78, 5) is 23.1. The topological polar surface area (TPSA) is 46.1 Å². The van der Waals surface area contributed by atoms with Crippen LogP contribution in [0.25, 0.3) is 0 Å². The molecule has 1 aromatic carbocycles. The van der Waals surface area contributed by atoms with Crippen LogP contribution in [0.2, 0.25) is 5.15 Å². The van der Waals surface area contributed by atoms with Gasteiger partial charge in [-0.15, -0.1) is 0 Å². The quantitative estimate of drug-likeness (QED) is 0.654. The van der Waals surface area contributed by atoms with E-state index in [1.807, 2.05) is 49.4 Å². The maximum Gasteiger partial charge on any atom is 0.240 e. The first-order valence-electron chi connectivity index (χ1n) is 7.58. The van der Waals surface area contributed by atoms with E-state index in [9.17, 15) is 4.79 Å². The van der Waals surface area contributed by atoms with Gasteiger partial charge < -0.3 is 0 Å². The third-order valence-corrected chi connectivity index (χ3v) is 3.96. The summed E-state index contributed by atoms with van der Waals surface area (Å²) in [6.07, 6.45) is 3.23. The molecule has 1 amide bonds. The maximum absolute atomic E-state index is 13.2. The number of hydrogen-bond donors (Lipinski definition) is 0. The summed E-state index contributed by atoms with van der Waals surface area (Å²) in [7, 11) is 0. The van der Waals surface area contributed by atoms with Crippen molar-refractivity contribution in [2.75, 3.05) is 4.90 Å². The summed E-state index contributed by atoms with van der Waals surface area (Å²) in [5.74, 6) is 0.155. The zero-order chi connectivity index (χ0) is 16.9. The lowest BCUT2D eigenvalue weighted by Crippen LogP contribution is -2.30. The Labute approximate surface area is 145 Å². The molecule has 3 rings (SSSR count). The van der Waals surface area contributed by atoms with Crippen LogP contribution in [0.5, 0.6) is 0 Å². The minimum absolute atomic E-state index is 0.0796. The fourth-order valence-electron chi connectivity index (χ4n) is 2.44. The highest BCUT2D eigenvalue weighted by Crippen LogP contribution is 2.28. The molecule has 4 nitrogen and oxygen atoms in total. The highest BCUT2D eigenvalue weighted by Gasteiger charge is 2.25. The SMILES string of the molecule is CC(C(=O)N(c1ccc(Cl)nc1)c1ccccn1)c1ccccc1. The number of benzene rings is 1. The molecule has 0 saturated heterocycles. The summed E-state index contributed by atoms with van der Waals surface area (Å²) in [5, 5.41) is 0.378. The first kappa shape index (κ1) is 16.1. The Morgan fingerprint density at radius 2 is 1.75 bits per heavy atom. The largest absolute Gasteiger partial charge is 0.273 e. The first-order chi connectivity index (χ1) is 11.7. The van der Waals surface area contributed by atoms with E-state index >= 15 is 0 Å². The molecule has 1 unspecified atom stereocenters. The van der Waals surface area contributed by atoms with E-state index < -0.39 is 0 Å². The summed E-state index contributed by atoms with van der Waals surface area (Å²) in [6.45, 7) is 1.89. The van der Waals surface area contributed by atoms with Crippen molar-refractivity contribution in [2.45, 2.75) is 12.8 Å². The molecule has 0 aliphatic heterocycles. The van der Waals surface area contributed by atoms with E-state index in [-0.39, 0.29) is 11.8 Å². The van der Waals surface area contributed by atoms with E-state index in [0.717, 1.165) is 5.56 Å². The molecule has 1 atom stereocenters. The fraction of sp³-hybridized carbons (Fsp3) is 0.105. The minimum Gasteiger partial charge on any atom is -0.273 e. The average Bonchev–Trinajstić information content (AvgIpc) is 2.64. The van der Waals surface area contributed by atoms with Gasteiger partial charge in [0.1, 0.15) is 11.0 Å². The summed E-state index contributed by atoms with van der Waals surface area (Å²) >= 11 is 5.87. The monoisotopic (exact) mass is 337 g/mol. The number of carbonyl (C=O) groups excluding carboxylic acids is 1. The lowest BCUT2D eigenvalue weighted by atomic mass is 9.99. The lowest BCUT2D eigenvalue weighted by Gasteiger charge is -2.25. The van der Waals surface area contributed by atoms with Gasteiger partial charge in [-0.2, -0.15) is 0 Å². The van der Waals surface area contributed by atoms with Gasteiger partial charge in [0.15, 0.2) is 0 Å². The summed E-state index contributed by atoms with van der Waals surface area (Å²) in [5.41, 5.74) is 1.58. The van der Waals surface area contributed by atoms with Crippen molar-refractivity contribution in [3.05, 3.63) is 83.8 Å². The first-order valence-corrected chi connectivity index (χ1v) is 7.96. The standard InChI is InChI=1S/C19H16ClN3O/c1-14(15-7-3-2-4-8-15)19(24)23(18-9-5-6-12-21-18)16-10-11-17(20)22-13-16/h2-14H,1H3. The van der Waals surface area contributed by atoms with Gasteiger partial charge in [-0.3, -0.25) is 9.69 Å². The molecule has 2 aromatic heterocycles. The van der Waals surface area contributed by atoms with Crippen LogP contribution in [-0.2, 0) is 4.79 Å². The van der Waals surface area contributed by atoms with Gasteiger partial charge in [0.2, 0.25) is 5.91 Å². The number of carbonyl (C=O) groups is 1. The number of nitrogens with zero attached hydrogens (tertiary/aromatic N) is 3. The number of rotatable bonds is 4. The van der Waals surface area contributed by atoms with Crippen LogP contribution in [0, 0.1) is 0 Å². The number of pyridine rings is 2. The maximum atomic E-state index is 13.2. The normalized spacial score (nSPS) is 11.8. The lowest BCUT2D eigenvalue weighted by molar-refractivity contribution is -0.119. The number of amides is 1. The number of aromatic nitrogens is 2. The number of halogens is 1. The summed E-state index contributed by atoms with van der Waals surface area (Å²) in [6, 6.07) is 18.5. The number of anilines is 2. The van der Waals surface area contributed by atoms with E-state index in [4.69, 9.17) is 11.6 Å². The Balaban J connectivity index is 2.01. The van der Waals surface area contributed by atoms with Crippen molar-refractivity contribution >= 4 is 29.0 Å². The van der Waals surface area contributed by atoms with Crippen molar-refractivity contribution in [1.29, 1.82) is 0 Å². The van der Waals surface area contributed by atoms with E-state index in [0.29, 0.717) is 16.7 Å². The molecule has 0 saturated carbocycles. The molecule has 5 heteroatoms. The third-order valence-electron chi connectivity index (χ3n) is 3.74. The van der Waals surface area contributed by atoms with Crippen molar-refractivity contribution in [3.63, 3.8) is 0 Å². The van der Waals surface area contributed by atoms with E-state index in [2.05, 4.69) is 9.97 Å². The van der Waals surface area contributed by atoms with Gasteiger partial charge in [0.05, 0.1) is 17.8 Å². The molecule has 0 aliphatic rings. The highest BCUT2D eigenvalue weighted by molar-refractivity contribution is 6.29. The molecule has 0 fully saturated rings. The van der Waals surface area contributed by atoms with Gasteiger partial charge in [-0.25, -0.2) is 9.97 Å². The average molecular weight is 338 g/mol. The molecule has 0 radical (unpaired) electrons.